The van der Waals surface area contributed by atoms with Gasteiger partial charge in [-0.1, -0.05) is 23.7 Å². The van der Waals surface area contributed by atoms with Gasteiger partial charge in [0.25, 0.3) is 5.91 Å². The highest BCUT2D eigenvalue weighted by atomic mass is 35.5. The Morgan fingerprint density at radius 2 is 2.17 bits per heavy atom. The smallest absolute Gasteiger partial charge is 0.275 e. The van der Waals surface area contributed by atoms with E-state index in [9.17, 15) is 9.18 Å². The summed E-state index contributed by atoms with van der Waals surface area (Å²) in [5.74, 6) is -0.672. The number of aryl methyl sites for hydroxylation is 1. The molecule has 0 saturated carbocycles. The Morgan fingerprint density at radius 3 is 2.87 bits per heavy atom. The summed E-state index contributed by atoms with van der Waals surface area (Å²) in [5, 5.41) is 11.0. The molecular formula is C15H13ClFN5O. The minimum atomic E-state index is -0.375. The summed E-state index contributed by atoms with van der Waals surface area (Å²) < 4.78 is 16.2. The van der Waals surface area contributed by atoms with Gasteiger partial charge < -0.3 is 5.32 Å². The van der Waals surface area contributed by atoms with Crippen molar-refractivity contribution in [3.05, 3.63) is 65.0 Å². The Labute approximate surface area is 136 Å². The number of anilines is 1. The molecule has 6 nitrogen and oxygen atoms in total. The van der Waals surface area contributed by atoms with Gasteiger partial charge in [-0.05, 0) is 17.7 Å². The lowest BCUT2D eigenvalue weighted by atomic mass is 10.2. The Hall–Kier alpha value is -2.67. The van der Waals surface area contributed by atoms with Crippen LogP contribution in [0.2, 0.25) is 5.02 Å². The summed E-state index contributed by atoms with van der Waals surface area (Å²) in [6.45, 7) is 0.403. The number of nitrogens with one attached hydrogen (secondary N) is 1. The number of carbonyl (C=O) groups is 1. The maximum Gasteiger partial charge on any atom is 0.275 e. The number of rotatable bonds is 4. The van der Waals surface area contributed by atoms with Crippen LogP contribution in [0.15, 0.2) is 42.9 Å². The van der Waals surface area contributed by atoms with Crippen LogP contribution in [0.4, 0.5) is 10.1 Å². The quantitative estimate of drug-likeness (QED) is 0.798. The molecule has 0 fully saturated rings. The molecule has 1 aromatic carbocycles. The van der Waals surface area contributed by atoms with E-state index in [-0.39, 0.29) is 22.4 Å². The van der Waals surface area contributed by atoms with Gasteiger partial charge in [0.1, 0.15) is 11.5 Å². The fourth-order valence-electron chi connectivity index (χ4n) is 2.19. The Bertz CT molecular complexity index is 838. The van der Waals surface area contributed by atoms with Gasteiger partial charge in [-0.15, -0.1) is 0 Å². The lowest BCUT2D eigenvalue weighted by Crippen LogP contribution is -2.16. The average Bonchev–Trinajstić information content (AvgIpc) is 3.06. The van der Waals surface area contributed by atoms with Crippen molar-refractivity contribution in [2.75, 3.05) is 5.32 Å². The molecule has 0 aliphatic carbocycles. The molecule has 0 aliphatic heterocycles. The second-order valence-corrected chi connectivity index (χ2v) is 5.38. The van der Waals surface area contributed by atoms with Crippen LogP contribution >= 0.6 is 11.6 Å². The number of nitrogens with zero attached hydrogens (tertiary/aromatic N) is 4. The minimum Gasteiger partial charge on any atom is -0.318 e. The molecular weight excluding hydrogens is 321 g/mol. The second kappa shape index (κ2) is 6.21. The van der Waals surface area contributed by atoms with Gasteiger partial charge in [-0.3, -0.25) is 14.2 Å². The van der Waals surface area contributed by atoms with Crippen molar-refractivity contribution in [1.29, 1.82) is 0 Å². The summed E-state index contributed by atoms with van der Waals surface area (Å²) in [5.41, 5.74) is 1.56. The SMILES string of the molecule is Cn1ncc(Cl)c1C(=O)Nc1cnn(Cc2cccc(F)c2)c1. The lowest BCUT2D eigenvalue weighted by Gasteiger charge is -2.04. The fraction of sp³-hybridized carbons (Fsp3) is 0.133. The van der Waals surface area contributed by atoms with Gasteiger partial charge in [0, 0.05) is 13.2 Å². The highest BCUT2D eigenvalue weighted by Crippen LogP contribution is 2.16. The van der Waals surface area contributed by atoms with E-state index in [0.717, 1.165) is 5.56 Å². The van der Waals surface area contributed by atoms with Gasteiger partial charge in [0.15, 0.2) is 0 Å². The number of carbonyl (C=O) groups excluding carboxylic acids is 1. The van der Waals surface area contributed by atoms with Crippen LogP contribution in [0.1, 0.15) is 16.1 Å². The Balaban J connectivity index is 1.71. The number of benzene rings is 1. The molecule has 23 heavy (non-hydrogen) atoms. The zero-order valence-corrected chi connectivity index (χ0v) is 13.0. The van der Waals surface area contributed by atoms with Crippen molar-refractivity contribution in [3.63, 3.8) is 0 Å². The first-order valence-electron chi connectivity index (χ1n) is 6.78. The van der Waals surface area contributed by atoms with Crippen molar-refractivity contribution in [2.24, 2.45) is 7.05 Å². The summed E-state index contributed by atoms with van der Waals surface area (Å²) in [6, 6.07) is 6.27. The van der Waals surface area contributed by atoms with Crippen LogP contribution in [0.5, 0.6) is 0 Å². The van der Waals surface area contributed by atoms with Crippen molar-refractivity contribution < 1.29 is 9.18 Å². The third-order valence-corrected chi connectivity index (χ3v) is 3.51. The molecule has 3 aromatic rings. The maximum absolute atomic E-state index is 13.2. The highest BCUT2D eigenvalue weighted by molar-refractivity contribution is 6.34. The summed E-state index contributed by atoms with van der Waals surface area (Å²) >= 11 is 5.93. The third kappa shape index (κ3) is 3.40. The molecule has 2 heterocycles. The predicted molar refractivity (Wildman–Crippen MR) is 83.9 cm³/mol. The highest BCUT2D eigenvalue weighted by Gasteiger charge is 2.16. The molecule has 118 valence electrons. The van der Waals surface area contributed by atoms with E-state index in [1.807, 2.05) is 0 Å². The van der Waals surface area contributed by atoms with E-state index < -0.39 is 0 Å². The Morgan fingerprint density at radius 1 is 1.35 bits per heavy atom. The zero-order valence-electron chi connectivity index (χ0n) is 12.2. The summed E-state index contributed by atoms with van der Waals surface area (Å²) in [7, 11) is 1.63. The first kappa shape index (κ1) is 15.2. The molecule has 0 spiro atoms. The zero-order chi connectivity index (χ0) is 16.4. The number of halogens is 2. The monoisotopic (exact) mass is 333 g/mol. The number of hydrogen-bond acceptors (Lipinski definition) is 3. The van der Waals surface area contributed by atoms with Gasteiger partial charge in [-0.25, -0.2) is 4.39 Å². The fourth-order valence-corrected chi connectivity index (χ4v) is 2.45. The molecule has 0 atom stereocenters. The second-order valence-electron chi connectivity index (χ2n) is 4.98. The molecule has 0 bridgehead atoms. The summed E-state index contributed by atoms with van der Waals surface area (Å²) in [4.78, 5) is 12.2. The summed E-state index contributed by atoms with van der Waals surface area (Å²) in [6.07, 6.45) is 4.58. The molecule has 1 N–H and O–H groups in total. The van der Waals surface area contributed by atoms with Crippen LogP contribution in [0, 0.1) is 5.82 Å². The van der Waals surface area contributed by atoms with Crippen molar-refractivity contribution in [3.8, 4) is 0 Å². The van der Waals surface area contributed by atoms with E-state index in [1.54, 1.807) is 30.1 Å². The van der Waals surface area contributed by atoms with Crippen molar-refractivity contribution in [1.82, 2.24) is 19.6 Å². The van der Waals surface area contributed by atoms with Gasteiger partial charge in [-0.2, -0.15) is 10.2 Å². The minimum absolute atomic E-state index is 0.268. The molecule has 0 radical (unpaired) electrons. The van der Waals surface area contributed by atoms with E-state index in [0.29, 0.717) is 12.2 Å². The topological polar surface area (TPSA) is 64.7 Å². The van der Waals surface area contributed by atoms with Gasteiger partial charge >= 0.3 is 0 Å². The van der Waals surface area contributed by atoms with Crippen LogP contribution in [0.25, 0.3) is 0 Å². The molecule has 1 amide bonds. The van der Waals surface area contributed by atoms with E-state index in [4.69, 9.17) is 11.6 Å². The molecule has 8 heteroatoms. The van der Waals surface area contributed by atoms with Crippen molar-refractivity contribution >= 4 is 23.2 Å². The number of amides is 1. The average molecular weight is 334 g/mol. The third-order valence-electron chi connectivity index (χ3n) is 3.23. The number of hydrogen-bond donors (Lipinski definition) is 1. The van der Waals surface area contributed by atoms with Gasteiger partial charge in [0.05, 0.1) is 29.6 Å². The maximum atomic E-state index is 13.2. The van der Waals surface area contributed by atoms with Gasteiger partial charge in [0.2, 0.25) is 0 Å². The predicted octanol–water partition coefficient (Wildman–Crippen LogP) is 2.71. The van der Waals surface area contributed by atoms with E-state index in [2.05, 4.69) is 15.5 Å². The molecule has 0 aliphatic rings. The van der Waals surface area contributed by atoms with E-state index >= 15 is 0 Å². The standard InChI is InChI=1S/C15H13ClFN5O/c1-21-14(13(16)7-18-21)15(23)20-12-6-19-22(9-12)8-10-3-2-4-11(17)5-10/h2-7,9H,8H2,1H3,(H,20,23). The van der Waals surface area contributed by atoms with E-state index in [1.165, 1.54) is 29.2 Å². The molecule has 0 unspecified atom stereocenters. The largest absolute Gasteiger partial charge is 0.318 e. The van der Waals surface area contributed by atoms with Crippen LogP contribution in [-0.2, 0) is 13.6 Å². The van der Waals surface area contributed by atoms with Crippen LogP contribution in [0.3, 0.4) is 0 Å². The van der Waals surface area contributed by atoms with Crippen LogP contribution in [-0.4, -0.2) is 25.5 Å². The normalized spacial score (nSPS) is 10.7. The first-order valence-corrected chi connectivity index (χ1v) is 7.16. The lowest BCUT2D eigenvalue weighted by molar-refractivity contribution is 0.101. The molecule has 3 rings (SSSR count). The van der Waals surface area contributed by atoms with Crippen LogP contribution < -0.4 is 5.32 Å². The first-order chi connectivity index (χ1) is 11.0. The molecule has 0 saturated heterocycles. The van der Waals surface area contributed by atoms with Crippen molar-refractivity contribution in [2.45, 2.75) is 6.54 Å². The number of aromatic nitrogens is 4. The molecule has 2 aromatic heterocycles. The Kier molecular flexibility index (Phi) is 4.12.